The highest BCUT2D eigenvalue weighted by atomic mass is 16.4. The normalized spacial score (nSPS) is 13.0. The molecule has 21 heavy (non-hydrogen) atoms. The largest absolute Gasteiger partial charge is 0.478 e. The van der Waals surface area contributed by atoms with Crippen molar-refractivity contribution in [2.75, 3.05) is 20.6 Å². The second-order valence-electron chi connectivity index (χ2n) is 5.77. The first-order chi connectivity index (χ1) is 9.93. The number of aromatic nitrogens is 2. The number of hydrogen-bond acceptors (Lipinski definition) is 3. The fourth-order valence-corrected chi connectivity index (χ4v) is 2.78. The van der Waals surface area contributed by atoms with E-state index in [1.165, 1.54) is 0 Å². The number of aromatic carboxylic acids is 1. The highest BCUT2D eigenvalue weighted by Gasteiger charge is 2.17. The summed E-state index contributed by atoms with van der Waals surface area (Å²) in [5, 5.41) is 9.19. The summed E-state index contributed by atoms with van der Waals surface area (Å²) in [6, 6.07) is 5.40. The van der Waals surface area contributed by atoms with Gasteiger partial charge in [-0.25, -0.2) is 9.78 Å². The highest BCUT2D eigenvalue weighted by Crippen LogP contribution is 2.24. The maximum absolute atomic E-state index is 11.2. The summed E-state index contributed by atoms with van der Waals surface area (Å²) in [7, 11) is 4.08. The van der Waals surface area contributed by atoms with E-state index < -0.39 is 5.97 Å². The van der Waals surface area contributed by atoms with Crippen molar-refractivity contribution in [1.82, 2.24) is 14.5 Å². The fraction of sp³-hybridized carbons (Fsp3) is 0.500. The van der Waals surface area contributed by atoms with Gasteiger partial charge in [0.2, 0.25) is 0 Å². The van der Waals surface area contributed by atoms with Crippen LogP contribution in [0.15, 0.2) is 18.2 Å². The third-order valence-electron chi connectivity index (χ3n) is 3.55. The Morgan fingerprint density at radius 2 is 2.14 bits per heavy atom. The maximum Gasteiger partial charge on any atom is 0.335 e. The standard InChI is InChI=1S/C16H23N3O2/c1-5-6-15-17-13-8-7-12(16(20)21)9-14(13)19(15)11(2)10-18(3)4/h7-9,11H,5-6,10H2,1-4H3,(H,20,21). The Labute approximate surface area is 125 Å². The summed E-state index contributed by atoms with van der Waals surface area (Å²) in [6.45, 7) is 5.16. The molecule has 1 atom stereocenters. The van der Waals surface area contributed by atoms with Gasteiger partial charge in [0.25, 0.3) is 0 Å². The first-order valence-corrected chi connectivity index (χ1v) is 7.33. The van der Waals surface area contributed by atoms with E-state index in [0.717, 1.165) is 36.2 Å². The van der Waals surface area contributed by atoms with Crippen molar-refractivity contribution in [3.05, 3.63) is 29.6 Å². The third-order valence-corrected chi connectivity index (χ3v) is 3.55. The van der Waals surface area contributed by atoms with Gasteiger partial charge >= 0.3 is 5.97 Å². The first kappa shape index (κ1) is 15.5. The summed E-state index contributed by atoms with van der Waals surface area (Å²) >= 11 is 0. The summed E-state index contributed by atoms with van der Waals surface area (Å²) < 4.78 is 2.19. The second kappa shape index (κ2) is 6.26. The van der Waals surface area contributed by atoms with Crippen molar-refractivity contribution in [3.63, 3.8) is 0 Å². The molecule has 0 fully saturated rings. The van der Waals surface area contributed by atoms with Crippen LogP contribution in [0.5, 0.6) is 0 Å². The van der Waals surface area contributed by atoms with E-state index in [-0.39, 0.29) is 6.04 Å². The predicted octanol–water partition coefficient (Wildman–Crippen LogP) is 2.81. The van der Waals surface area contributed by atoms with E-state index >= 15 is 0 Å². The van der Waals surface area contributed by atoms with E-state index in [0.29, 0.717) is 5.56 Å². The predicted molar refractivity (Wildman–Crippen MR) is 84.0 cm³/mol. The summed E-state index contributed by atoms with van der Waals surface area (Å²) in [6.07, 6.45) is 1.92. The maximum atomic E-state index is 11.2. The molecular formula is C16H23N3O2. The van der Waals surface area contributed by atoms with Crippen LogP contribution in [0.3, 0.4) is 0 Å². The molecule has 114 valence electrons. The molecule has 0 saturated heterocycles. The van der Waals surface area contributed by atoms with Gasteiger partial charge in [0.15, 0.2) is 0 Å². The number of hydrogen-bond donors (Lipinski definition) is 1. The van der Waals surface area contributed by atoms with Gasteiger partial charge in [-0.15, -0.1) is 0 Å². The lowest BCUT2D eigenvalue weighted by Crippen LogP contribution is -2.23. The molecular weight excluding hydrogens is 266 g/mol. The molecule has 0 spiro atoms. The van der Waals surface area contributed by atoms with Crippen molar-refractivity contribution in [2.24, 2.45) is 0 Å². The SMILES string of the molecule is CCCc1nc2ccc(C(=O)O)cc2n1C(C)CN(C)C. The Morgan fingerprint density at radius 1 is 1.43 bits per heavy atom. The lowest BCUT2D eigenvalue weighted by Gasteiger charge is -2.21. The molecule has 2 rings (SSSR count). The van der Waals surface area contributed by atoms with Gasteiger partial charge in [0.1, 0.15) is 5.82 Å². The van der Waals surface area contributed by atoms with Crippen molar-refractivity contribution in [3.8, 4) is 0 Å². The van der Waals surface area contributed by atoms with Gasteiger partial charge < -0.3 is 14.6 Å². The number of aryl methyl sites for hydroxylation is 1. The van der Waals surface area contributed by atoms with Crippen LogP contribution >= 0.6 is 0 Å². The van der Waals surface area contributed by atoms with Gasteiger partial charge in [-0.05, 0) is 45.6 Å². The Bertz CT molecular complexity index is 646. The Hall–Kier alpha value is -1.88. The Kier molecular flexibility index (Phi) is 4.63. The zero-order chi connectivity index (χ0) is 15.6. The Balaban J connectivity index is 2.58. The number of carboxylic acids is 1. The summed E-state index contributed by atoms with van der Waals surface area (Å²) in [5.74, 6) is 0.131. The van der Waals surface area contributed by atoms with Crippen LogP contribution in [0.2, 0.25) is 0 Å². The number of imidazole rings is 1. The third kappa shape index (κ3) is 3.24. The monoisotopic (exact) mass is 289 g/mol. The molecule has 0 saturated carbocycles. The second-order valence-corrected chi connectivity index (χ2v) is 5.77. The molecule has 1 aromatic carbocycles. The zero-order valence-electron chi connectivity index (χ0n) is 13.1. The summed E-state index contributed by atoms with van der Waals surface area (Å²) in [4.78, 5) is 18.0. The van der Waals surface area contributed by atoms with Crippen molar-refractivity contribution < 1.29 is 9.90 Å². The number of likely N-dealkylation sites (N-methyl/N-ethyl adjacent to an activating group) is 1. The molecule has 1 N–H and O–H groups in total. The summed E-state index contributed by atoms with van der Waals surface area (Å²) in [5.41, 5.74) is 2.09. The molecule has 1 aromatic heterocycles. The molecule has 5 nitrogen and oxygen atoms in total. The first-order valence-electron chi connectivity index (χ1n) is 7.33. The van der Waals surface area contributed by atoms with Crippen LogP contribution < -0.4 is 0 Å². The highest BCUT2D eigenvalue weighted by molar-refractivity contribution is 5.92. The number of fused-ring (bicyclic) bond motifs is 1. The van der Waals surface area contributed by atoms with E-state index in [9.17, 15) is 9.90 Å². The molecule has 0 aliphatic carbocycles. The van der Waals surface area contributed by atoms with Crippen molar-refractivity contribution >= 4 is 17.0 Å². The van der Waals surface area contributed by atoms with E-state index in [2.05, 4.69) is 28.3 Å². The van der Waals surface area contributed by atoms with Crippen LogP contribution in [0.1, 0.15) is 42.5 Å². The lowest BCUT2D eigenvalue weighted by molar-refractivity contribution is 0.0697. The average Bonchev–Trinajstić information content (AvgIpc) is 2.75. The molecule has 5 heteroatoms. The van der Waals surface area contributed by atoms with Crippen LogP contribution in [0.25, 0.3) is 11.0 Å². The van der Waals surface area contributed by atoms with Crippen LogP contribution in [0.4, 0.5) is 0 Å². The smallest absolute Gasteiger partial charge is 0.335 e. The molecule has 1 unspecified atom stereocenters. The number of rotatable bonds is 6. The van der Waals surface area contributed by atoms with E-state index in [1.807, 2.05) is 14.1 Å². The molecule has 0 amide bonds. The quantitative estimate of drug-likeness (QED) is 0.888. The van der Waals surface area contributed by atoms with Crippen LogP contribution in [0, 0.1) is 0 Å². The number of carboxylic acid groups (broad SMARTS) is 1. The molecule has 0 aliphatic rings. The van der Waals surface area contributed by atoms with Gasteiger partial charge in [0, 0.05) is 19.0 Å². The van der Waals surface area contributed by atoms with Gasteiger partial charge in [-0.2, -0.15) is 0 Å². The number of benzene rings is 1. The van der Waals surface area contributed by atoms with E-state index in [4.69, 9.17) is 0 Å². The average molecular weight is 289 g/mol. The van der Waals surface area contributed by atoms with Gasteiger partial charge in [-0.1, -0.05) is 6.92 Å². The van der Waals surface area contributed by atoms with Crippen molar-refractivity contribution in [1.29, 1.82) is 0 Å². The lowest BCUT2D eigenvalue weighted by atomic mass is 10.2. The Morgan fingerprint density at radius 3 is 2.71 bits per heavy atom. The topological polar surface area (TPSA) is 58.4 Å². The van der Waals surface area contributed by atoms with Crippen LogP contribution in [-0.4, -0.2) is 46.2 Å². The molecule has 0 bridgehead atoms. The molecule has 0 radical (unpaired) electrons. The van der Waals surface area contributed by atoms with E-state index in [1.54, 1.807) is 18.2 Å². The van der Waals surface area contributed by atoms with Gasteiger partial charge in [-0.3, -0.25) is 0 Å². The van der Waals surface area contributed by atoms with Crippen LogP contribution in [-0.2, 0) is 6.42 Å². The fourth-order valence-electron chi connectivity index (χ4n) is 2.78. The zero-order valence-corrected chi connectivity index (χ0v) is 13.1. The minimum atomic E-state index is -0.901. The number of carbonyl (C=O) groups is 1. The molecule has 1 heterocycles. The minimum absolute atomic E-state index is 0.246. The molecule has 0 aliphatic heterocycles. The number of nitrogens with zero attached hydrogens (tertiary/aromatic N) is 3. The molecule has 2 aromatic rings. The minimum Gasteiger partial charge on any atom is -0.478 e. The van der Waals surface area contributed by atoms with Gasteiger partial charge in [0.05, 0.1) is 16.6 Å². The van der Waals surface area contributed by atoms with Crippen molar-refractivity contribution in [2.45, 2.75) is 32.7 Å².